The first kappa shape index (κ1) is 18.3. The van der Waals surface area contributed by atoms with Crippen LogP contribution >= 0.6 is 0 Å². The molecule has 0 atom stereocenters. The largest absolute Gasteiger partial charge is 0.352 e. The fourth-order valence-electron chi connectivity index (χ4n) is 4.47. The molecule has 2 fully saturated rings. The van der Waals surface area contributed by atoms with Crippen molar-refractivity contribution in [3.63, 3.8) is 0 Å². The van der Waals surface area contributed by atoms with E-state index >= 15 is 0 Å². The first-order valence-corrected chi connectivity index (χ1v) is 11.0. The van der Waals surface area contributed by atoms with Gasteiger partial charge in [-0.05, 0) is 41.3 Å². The highest BCUT2D eigenvalue weighted by Crippen LogP contribution is 2.38. The van der Waals surface area contributed by atoms with Gasteiger partial charge in [-0.3, -0.25) is 4.79 Å². The second kappa shape index (κ2) is 7.34. The number of nitrogens with zero attached hydrogens (tertiary/aromatic N) is 6. The molecule has 1 aliphatic heterocycles. The monoisotopic (exact) mass is 412 g/mol. The van der Waals surface area contributed by atoms with Gasteiger partial charge in [0.2, 0.25) is 5.91 Å². The molecule has 1 saturated heterocycles. The van der Waals surface area contributed by atoms with Gasteiger partial charge in [-0.2, -0.15) is 4.52 Å². The van der Waals surface area contributed by atoms with Crippen LogP contribution in [0.1, 0.15) is 30.1 Å². The third-order valence-corrected chi connectivity index (χ3v) is 6.39. The first-order valence-electron chi connectivity index (χ1n) is 11.0. The van der Waals surface area contributed by atoms with Crippen LogP contribution in [0.3, 0.4) is 0 Å². The van der Waals surface area contributed by atoms with Crippen molar-refractivity contribution >= 4 is 28.1 Å². The van der Waals surface area contributed by atoms with Crippen LogP contribution in [0.2, 0.25) is 0 Å². The van der Waals surface area contributed by atoms with Crippen molar-refractivity contribution in [2.75, 3.05) is 31.1 Å². The lowest BCUT2D eigenvalue weighted by molar-refractivity contribution is -0.130. The van der Waals surface area contributed by atoms with Crippen molar-refractivity contribution in [2.24, 2.45) is 0 Å². The molecular formula is C24H24N6O. The molecule has 2 aromatic carbocycles. The zero-order valence-electron chi connectivity index (χ0n) is 17.3. The Labute approximate surface area is 180 Å². The van der Waals surface area contributed by atoms with Gasteiger partial charge in [0.15, 0.2) is 11.5 Å². The topological polar surface area (TPSA) is 66.6 Å². The van der Waals surface area contributed by atoms with E-state index in [0.29, 0.717) is 25.4 Å². The van der Waals surface area contributed by atoms with Gasteiger partial charge in [0.1, 0.15) is 5.82 Å². The van der Waals surface area contributed by atoms with E-state index in [1.54, 1.807) is 0 Å². The van der Waals surface area contributed by atoms with Crippen molar-refractivity contribution in [3.8, 4) is 0 Å². The minimum atomic E-state index is 0.189. The summed E-state index contributed by atoms with van der Waals surface area (Å²) in [5.74, 6) is 2.59. The smallest absolute Gasteiger partial charge is 0.227 e. The standard InChI is InChI=1S/C24H24N6O/c31-23(16-19-6-3-5-17-4-1-2-7-20(17)19)29-14-12-28(13-15-29)22-11-10-21-25-26-24(18-8-9-18)30(21)27-22/h1-7,10-11,18H,8-9,12-16H2. The Morgan fingerprint density at radius 1 is 0.903 bits per heavy atom. The number of rotatable bonds is 4. The summed E-state index contributed by atoms with van der Waals surface area (Å²) in [6.07, 6.45) is 2.78. The van der Waals surface area contributed by atoms with Crippen LogP contribution in [0.25, 0.3) is 16.4 Å². The van der Waals surface area contributed by atoms with E-state index in [0.717, 1.165) is 41.3 Å². The maximum Gasteiger partial charge on any atom is 0.227 e. The van der Waals surface area contributed by atoms with Gasteiger partial charge in [0.05, 0.1) is 6.42 Å². The molecule has 0 unspecified atom stereocenters. The third kappa shape index (κ3) is 3.40. The van der Waals surface area contributed by atoms with Gasteiger partial charge in [-0.15, -0.1) is 15.3 Å². The molecule has 2 aromatic heterocycles. The minimum absolute atomic E-state index is 0.189. The molecule has 7 nitrogen and oxygen atoms in total. The molecule has 0 radical (unpaired) electrons. The maximum absolute atomic E-state index is 13.0. The molecular weight excluding hydrogens is 388 g/mol. The fourth-order valence-corrected chi connectivity index (χ4v) is 4.47. The number of aromatic nitrogens is 4. The summed E-state index contributed by atoms with van der Waals surface area (Å²) in [7, 11) is 0. The SMILES string of the molecule is O=C(Cc1cccc2ccccc12)N1CCN(c2ccc3nnc(C4CC4)n3n2)CC1. The molecule has 7 heteroatoms. The Kier molecular flexibility index (Phi) is 4.33. The lowest BCUT2D eigenvalue weighted by Crippen LogP contribution is -2.49. The quantitative estimate of drug-likeness (QED) is 0.515. The van der Waals surface area contributed by atoms with Gasteiger partial charge in [-0.1, -0.05) is 42.5 Å². The Morgan fingerprint density at radius 3 is 2.55 bits per heavy atom. The molecule has 0 spiro atoms. The summed E-state index contributed by atoms with van der Waals surface area (Å²) in [6.45, 7) is 2.98. The van der Waals surface area contributed by atoms with E-state index in [1.807, 2.05) is 39.7 Å². The van der Waals surface area contributed by atoms with Crippen molar-refractivity contribution in [1.29, 1.82) is 0 Å². The molecule has 6 rings (SSSR count). The van der Waals surface area contributed by atoms with E-state index in [9.17, 15) is 4.79 Å². The van der Waals surface area contributed by atoms with Gasteiger partial charge in [0, 0.05) is 32.1 Å². The van der Waals surface area contributed by atoms with Crippen molar-refractivity contribution in [3.05, 3.63) is 66.0 Å². The number of fused-ring (bicyclic) bond motifs is 2. The summed E-state index contributed by atoms with van der Waals surface area (Å²) < 4.78 is 1.89. The molecule has 0 bridgehead atoms. The molecule has 3 heterocycles. The average molecular weight is 412 g/mol. The summed E-state index contributed by atoms with van der Waals surface area (Å²) >= 11 is 0. The molecule has 0 N–H and O–H groups in total. The Morgan fingerprint density at radius 2 is 1.71 bits per heavy atom. The summed E-state index contributed by atoms with van der Waals surface area (Å²) in [5, 5.41) is 15.7. The minimum Gasteiger partial charge on any atom is -0.352 e. The number of benzene rings is 2. The Bertz CT molecular complexity index is 1260. The number of hydrogen-bond acceptors (Lipinski definition) is 5. The molecule has 1 amide bonds. The molecule has 1 saturated carbocycles. The second-order valence-electron chi connectivity index (χ2n) is 8.48. The fraction of sp³-hybridized carbons (Fsp3) is 0.333. The second-order valence-corrected chi connectivity index (χ2v) is 8.48. The summed E-state index contributed by atoms with van der Waals surface area (Å²) in [6, 6.07) is 18.4. The number of carbonyl (C=O) groups excluding carboxylic acids is 1. The van der Waals surface area contributed by atoms with Crippen LogP contribution in [0.4, 0.5) is 5.82 Å². The average Bonchev–Trinajstić information content (AvgIpc) is 3.58. The van der Waals surface area contributed by atoms with E-state index in [2.05, 4.69) is 39.4 Å². The third-order valence-electron chi connectivity index (χ3n) is 6.39. The van der Waals surface area contributed by atoms with Crippen LogP contribution in [0.5, 0.6) is 0 Å². The van der Waals surface area contributed by atoms with Crippen LogP contribution in [0.15, 0.2) is 54.6 Å². The van der Waals surface area contributed by atoms with Crippen LogP contribution in [0, 0.1) is 0 Å². The lowest BCUT2D eigenvalue weighted by atomic mass is 10.0. The predicted molar refractivity (Wildman–Crippen MR) is 119 cm³/mol. The predicted octanol–water partition coefficient (Wildman–Crippen LogP) is 3.05. The van der Waals surface area contributed by atoms with Crippen molar-refractivity contribution < 1.29 is 4.79 Å². The van der Waals surface area contributed by atoms with Crippen molar-refractivity contribution in [1.82, 2.24) is 24.7 Å². The summed E-state index contributed by atoms with van der Waals surface area (Å²) in [4.78, 5) is 17.2. The number of carbonyl (C=O) groups is 1. The highest BCUT2D eigenvalue weighted by atomic mass is 16.2. The van der Waals surface area contributed by atoms with Gasteiger partial charge in [0.25, 0.3) is 0 Å². The molecule has 1 aliphatic carbocycles. The van der Waals surface area contributed by atoms with Gasteiger partial charge >= 0.3 is 0 Å². The molecule has 4 aromatic rings. The first-order chi connectivity index (χ1) is 15.3. The molecule has 31 heavy (non-hydrogen) atoms. The highest BCUT2D eigenvalue weighted by molar-refractivity contribution is 5.90. The van der Waals surface area contributed by atoms with E-state index in [-0.39, 0.29) is 5.91 Å². The summed E-state index contributed by atoms with van der Waals surface area (Å²) in [5.41, 5.74) is 1.90. The lowest BCUT2D eigenvalue weighted by Gasteiger charge is -2.35. The van der Waals surface area contributed by atoms with Crippen molar-refractivity contribution in [2.45, 2.75) is 25.2 Å². The van der Waals surface area contributed by atoms with E-state index in [4.69, 9.17) is 5.10 Å². The Hall–Kier alpha value is -3.48. The maximum atomic E-state index is 13.0. The zero-order valence-corrected chi connectivity index (χ0v) is 17.3. The Balaban J connectivity index is 1.14. The number of anilines is 1. The highest BCUT2D eigenvalue weighted by Gasteiger charge is 2.30. The van der Waals surface area contributed by atoms with E-state index < -0.39 is 0 Å². The van der Waals surface area contributed by atoms with Gasteiger partial charge < -0.3 is 9.80 Å². The normalized spacial score (nSPS) is 16.9. The molecule has 156 valence electrons. The number of hydrogen-bond donors (Lipinski definition) is 0. The number of amides is 1. The van der Waals surface area contributed by atoms with Crippen LogP contribution < -0.4 is 4.90 Å². The zero-order chi connectivity index (χ0) is 20.8. The van der Waals surface area contributed by atoms with Crippen LogP contribution in [-0.4, -0.2) is 56.8 Å². The molecule has 2 aliphatic rings. The number of piperazine rings is 1. The van der Waals surface area contributed by atoms with Gasteiger partial charge in [-0.25, -0.2) is 0 Å². The van der Waals surface area contributed by atoms with E-state index in [1.165, 1.54) is 18.2 Å². The van der Waals surface area contributed by atoms with Crippen LogP contribution in [-0.2, 0) is 11.2 Å².